The Morgan fingerprint density at radius 3 is 1.09 bits per heavy atom. The van der Waals surface area contributed by atoms with Crippen LogP contribution in [0.2, 0.25) is 0 Å². The summed E-state index contributed by atoms with van der Waals surface area (Å²) in [5.41, 5.74) is 9.25. The van der Waals surface area contributed by atoms with Crippen LogP contribution in [0.4, 0.5) is 11.4 Å². The fourth-order valence-electron chi connectivity index (χ4n) is 7.17. The van der Waals surface area contributed by atoms with Gasteiger partial charge in [0, 0.05) is 22.5 Å². The summed E-state index contributed by atoms with van der Waals surface area (Å²) in [5, 5.41) is 0. The van der Waals surface area contributed by atoms with Crippen molar-refractivity contribution in [2.45, 2.75) is 138 Å². The summed E-state index contributed by atoms with van der Waals surface area (Å²) in [4.78, 5) is 8.93. The van der Waals surface area contributed by atoms with E-state index in [0.717, 1.165) is 0 Å². The topological polar surface area (TPSA) is 30.5 Å². The van der Waals surface area contributed by atoms with Gasteiger partial charge in [-0.3, -0.25) is 9.13 Å². The summed E-state index contributed by atoms with van der Waals surface area (Å²) in [6.07, 6.45) is 0.130. The number of rotatable bonds is 9. The van der Waals surface area contributed by atoms with Crippen LogP contribution < -0.4 is 9.96 Å². The molecule has 5 heteroatoms. The number of nitrogens with zero attached hydrogens (tertiary/aromatic N) is 2. The molecule has 2 N–H and O–H groups in total. The molecular weight excluding hydrogens is 553 g/mol. The summed E-state index contributed by atoms with van der Waals surface area (Å²) in [7, 11) is -2.94. The predicted octanol–water partition coefficient (Wildman–Crippen LogP) is 11.1. The maximum absolute atomic E-state index is 4.47. The molecule has 44 heavy (non-hydrogen) atoms. The van der Waals surface area contributed by atoms with Crippen molar-refractivity contribution >= 4 is 20.1 Å². The summed E-state index contributed by atoms with van der Waals surface area (Å²) in [5.74, 6) is 1.58. The predicted molar refractivity (Wildman–Crippen MR) is 195 cm³/mol. The van der Waals surface area contributed by atoms with Crippen LogP contribution in [0.5, 0.6) is 0 Å². The van der Waals surface area contributed by atoms with Crippen molar-refractivity contribution in [2.75, 3.05) is 9.96 Å². The van der Waals surface area contributed by atoms with E-state index in [9.17, 15) is 0 Å². The highest BCUT2D eigenvalue weighted by Crippen LogP contribution is 2.53. The van der Waals surface area contributed by atoms with E-state index >= 15 is 0 Å². The first-order valence-corrected chi connectivity index (χ1v) is 18.8. The van der Waals surface area contributed by atoms with Crippen molar-refractivity contribution in [3.05, 3.63) is 94.5 Å². The van der Waals surface area contributed by atoms with Crippen LogP contribution in [-0.2, 0) is 0 Å². The molecule has 0 spiro atoms. The zero-order valence-electron chi connectivity index (χ0n) is 30.1. The highest BCUT2D eigenvalue weighted by atomic mass is 28.4. The van der Waals surface area contributed by atoms with Gasteiger partial charge in [-0.15, -0.1) is 0 Å². The molecule has 0 unspecified atom stereocenters. The first-order valence-electron chi connectivity index (χ1n) is 16.9. The monoisotopic (exact) mass is 612 g/mol. The van der Waals surface area contributed by atoms with E-state index in [-0.39, 0.29) is 17.2 Å². The Kier molecular flexibility index (Phi) is 9.86. The SMILES string of the molecule is CC(C)c1cccc(C(C)C)c1N[Si]1(Nc2c(C(C)C)cccc2C(C)C)N(C(C)(C)C)C(c2ccccc2)N1C(C)(C)C. The van der Waals surface area contributed by atoms with E-state index in [0.29, 0.717) is 23.7 Å². The molecule has 1 aliphatic rings. The molecule has 0 aliphatic carbocycles. The Balaban J connectivity index is 2.12. The van der Waals surface area contributed by atoms with Crippen LogP contribution in [0, 0.1) is 0 Å². The van der Waals surface area contributed by atoms with Gasteiger partial charge in [-0.25, -0.2) is 0 Å². The van der Waals surface area contributed by atoms with Gasteiger partial charge in [0.2, 0.25) is 0 Å². The Hall–Kier alpha value is -2.60. The summed E-state index contributed by atoms with van der Waals surface area (Å²) in [6, 6.07) is 25.0. The van der Waals surface area contributed by atoms with Crippen molar-refractivity contribution in [3.8, 4) is 0 Å². The van der Waals surface area contributed by atoms with E-state index < -0.39 is 8.72 Å². The van der Waals surface area contributed by atoms with Crippen LogP contribution in [0.3, 0.4) is 0 Å². The van der Waals surface area contributed by atoms with Crippen LogP contribution in [-0.4, -0.2) is 28.9 Å². The Morgan fingerprint density at radius 1 is 0.500 bits per heavy atom. The van der Waals surface area contributed by atoms with Crippen molar-refractivity contribution in [1.29, 1.82) is 0 Å². The van der Waals surface area contributed by atoms with Crippen molar-refractivity contribution in [2.24, 2.45) is 0 Å². The highest BCUT2D eigenvalue weighted by molar-refractivity contribution is 6.83. The maximum Gasteiger partial charge on any atom is 0.438 e. The number of anilines is 2. The van der Waals surface area contributed by atoms with E-state index in [1.54, 1.807) is 0 Å². The summed E-state index contributed by atoms with van der Waals surface area (Å²) in [6.45, 7) is 33.0. The second-order valence-corrected chi connectivity index (χ2v) is 18.8. The molecule has 1 fully saturated rings. The lowest BCUT2D eigenvalue weighted by molar-refractivity contribution is -0.0441. The first-order chi connectivity index (χ1) is 20.4. The lowest BCUT2D eigenvalue weighted by Crippen LogP contribution is -2.92. The van der Waals surface area contributed by atoms with Gasteiger partial charge in [0.25, 0.3) is 0 Å². The molecule has 0 aromatic heterocycles. The molecule has 4 nitrogen and oxygen atoms in total. The molecule has 0 amide bonds. The number of hydrogen-bond acceptors (Lipinski definition) is 4. The van der Waals surface area contributed by atoms with Crippen molar-refractivity contribution in [1.82, 2.24) is 9.13 Å². The van der Waals surface area contributed by atoms with Gasteiger partial charge >= 0.3 is 8.72 Å². The number of nitrogens with one attached hydrogen (secondary N) is 2. The lowest BCUT2D eigenvalue weighted by atomic mass is 9.93. The molecular formula is C39H60N4Si. The van der Waals surface area contributed by atoms with Gasteiger partial charge < -0.3 is 9.96 Å². The van der Waals surface area contributed by atoms with Crippen LogP contribution in [0.1, 0.15) is 155 Å². The Labute approximate surface area is 271 Å². The van der Waals surface area contributed by atoms with Gasteiger partial charge in [0.1, 0.15) is 0 Å². The molecule has 0 atom stereocenters. The molecule has 1 heterocycles. The van der Waals surface area contributed by atoms with Gasteiger partial charge in [-0.05, 0) is 93.0 Å². The third-order valence-electron chi connectivity index (χ3n) is 9.07. The average molecular weight is 613 g/mol. The third-order valence-corrected chi connectivity index (χ3v) is 13.5. The smallest absolute Gasteiger partial charge is 0.369 e. The van der Waals surface area contributed by atoms with E-state index in [1.807, 2.05) is 0 Å². The molecule has 240 valence electrons. The van der Waals surface area contributed by atoms with Crippen LogP contribution >= 0.6 is 0 Å². The normalized spacial score (nSPS) is 16.7. The number of benzene rings is 3. The minimum Gasteiger partial charge on any atom is -0.369 e. The van der Waals surface area contributed by atoms with Gasteiger partial charge in [-0.2, -0.15) is 0 Å². The maximum atomic E-state index is 4.47. The molecule has 1 aliphatic heterocycles. The van der Waals surface area contributed by atoms with E-state index in [4.69, 9.17) is 0 Å². The van der Waals surface area contributed by atoms with Gasteiger partial charge in [-0.1, -0.05) is 122 Å². The fraction of sp³-hybridized carbons (Fsp3) is 0.538. The summed E-state index contributed by atoms with van der Waals surface area (Å²) >= 11 is 0. The minimum absolute atomic E-state index is 0.121. The first kappa shape index (κ1) is 34.3. The second kappa shape index (κ2) is 12.7. The van der Waals surface area contributed by atoms with Crippen molar-refractivity contribution < 1.29 is 0 Å². The zero-order valence-corrected chi connectivity index (χ0v) is 31.1. The van der Waals surface area contributed by atoms with E-state index in [2.05, 4.69) is 183 Å². The second-order valence-electron chi connectivity index (χ2n) is 16.0. The molecule has 4 rings (SSSR count). The third kappa shape index (κ3) is 6.38. The largest absolute Gasteiger partial charge is 0.438 e. The van der Waals surface area contributed by atoms with Gasteiger partial charge in [0.05, 0.1) is 6.17 Å². The van der Waals surface area contributed by atoms with Gasteiger partial charge in [0.15, 0.2) is 0 Å². The Morgan fingerprint density at radius 2 is 0.818 bits per heavy atom. The molecule has 0 saturated carbocycles. The summed E-state index contributed by atoms with van der Waals surface area (Å²) < 4.78 is 5.64. The van der Waals surface area contributed by atoms with Crippen LogP contribution in [0.25, 0.3) is 0 Å². The number of hydrogen-bond donors (Lipinski definition) is 2. The highest BCUT2D eigenvalue weighted by Gasteiger charge is 2.70. The molecule has 3 aromatic carbocycles. The Bertz CT molecular complexity index is 1270. The molecule has 0 radical (unpaired) electrons. The standard InChI is InChI=1S/C39H60N4Si/c1-26(2)31-22-18-23-32(27(3)4)35(31)40-44(41-36-33(28(5)6)24-19-25-34(36)29(7)8)42(38(9,10)11)37(43(44)39(12,13)14)30-20-16-15-17-21-30/h15-29,37,40-41H,1-14H3. The quantitative estimate of drug-likeness (QED) is 0.235. The molecule has 1 saturated heterocycles. The van der Waals surface area contributed by atoms with Crippen molar-refractivity contribution in [3.63, 3.8) is 0 Å². The van der Waals surface area contributed by atoms with Crippen LogP contribution in [0.15, 0.2) is 66.7 Å². The average Bonchev–Trinajstić information content (AvgIpc) is 2.89. The lowest BCUT2D eigenvalue weighted by Gasteiger charge is -2.71. The molecule has 3 aromatic rings. The minimum atomic E-state index is -2.94. The fourth-order valence-corrected chi connectivity index (χ4v) is 12.2. The number of para-hydroxylation sites is 2. The zero-order chi connectivity index (χ0) is 32.8. The van der Waals surface area contributed by atoms with E-state index in [1.165, 1.54) is 39.2 Å². The molecule has 0 bridgehead atoms.